The van der Waals surface area contributed by atoms with Gasteiger partial charge in [-0.3, -0.25) is 29.4 Å². The lowest BCUT2D eigenvalue weighted by Gasteiger charge is -2.28. The fraction of sp³-hybridized carbons (Fsp3) is 0.105. The Morgan fingerprint density at radius 1 is 1.06 bits per heavy atom. The third-order valence-corrected chi connectivity index (χ3v) is 8.43. The first-order chi connectivity index (χ1) is 24.2. The maximum Gasteiger partial charge on any atom is 0.285 e. The zero-order valence-corrected chi connectivity index (χ0v) is 28.0. The molecule has 1 aliphatic rings. The first-order valence-electron chi connectivity index (χ1n) is 15.3. The van der Waals surface area contributed by atoms with Crippen LogP contribution in [0.2, 0.25) is 0 Å². The van der Waals surface area contributed by atoms with Gasteiger partial charge in [-0.15, -0.1) is 0 Å². The van der Waals surface area contributed by atoms with Crippen LogP contribution in [-0.4, -0.2) is 45.6 Å². The summed E-state index contributed by atoms with van der Waals surface area (Å²) in [5.41, 5.74) is 2.21. The Kier molecular flexibility index (Phi) is 11.4. The van der Waals surface area contributed by atoms with Crippen LogP contribution in [0.5, 0.6) is 5.75 Å². The molecule has 0 saturated heterocycles. The molecule has 4 aromatic rings. The molecule has 252 valence electrons. The van der Waals surface area contributed by atoms with Crippen molar-refractivity contribution in [1.29, 1.82) is 0 Å². The van der Waals surface area contributed by atoms with Gasteiger partial charge in [-0.05, 0) is 48.4 Å². The molecule has 0 unspecified atom stereocenters. The smallest absolute Gasteiger partial charge is 0.285 e. The molecule has 0 spiro atoms. The minimum Gasteiger partial charge on any atom is -0.496 e. The number of non-ortho nitro benzene ring substituents is 1. The van der Waals surface area contributed by atoms with Crippen LogP contribution in [-0.2, 0) is 14.4 Å². The lowest BCUT2D eigenvalue weighted by atomic mass is 9.99. The van der Waals surface area contributed by atoms with Gasteiger partial charge in [0.05, 0.1) is 35.5 Å². The van der Waals surface area contributed by atoms with Crippen molar-refractivity contribution in [1.82, 2.24) is 10.2 Å². The topological polar surface area (TPSA) is 144 Å². The number of nitrogens with zero attached hydrogens (tertiary/aromatic N) is 3. The van der Waals surface area contributed by atoms with E-state index in [1.165, 1.54) is 36.3 Å². The molecule has 2 heterocycles. The summed E-state index contributed by atoms with van der Waals surface area (Å²) >= 11 is 0.957. The minimum atomic E-state index is -0.811. The zero-order chi connectivity index (χ0) is 35.6. The number of nitrogens with one attached hydrogen (secondary N) is 1. The van der Waals surface area contributed by atoms with E-state index in [0.29, 0.717) is 17.0 Å². The van der Waals surface area contributed by atoms with Crippen molar-refractivity contribution < 1.29 is 28.5 Å². The third kappa shape index (κ3) is 8.05. The molecule has 50 heavy (non-hydrogen) atoms. The summed E-state index contributed by atoms with van der Waals surface area (Å²) in [6.07, 6.45) is 7.78. The first-order valence-corrected chi connectivity index (χ1v) is 16.3. The van der Waals surface area contributed by atoms with E-state index in [9.17, 15) is 24.5 Å². The standard InChI is InChI=1S/C38H32N4O7S/c1-4-6-17-27(5-2)41-37(45)31(23-29-19-21-32(49-29)30-20-18-28(42(46)47)22-33(30)48-3)36(44)40-38(41)50-24-34(43)39-35(25-13-9-7-10-14-25)26-15-11-8-12-16-26/h4-23,35H,1,24H2,2-3H3,(H,39,43)/b17-6-,27-5+,31-23+. The predicted octanol–water partition coefficient (Wildman–Crippen LogP) is 7.26. The van der Waals surface area contributed by atoms with Gasteiger partial charge >= 0.3 is 0 Å². The molecular weight excluding hydrogens is 657 g/mol. The molecule has 3 aromatic carbocycles. The Morgan fingerprint density at radius 2 is 1.74 bits per heavy atom. The SMILES string of the molecule is C=C/C=C\C(=C/C)N1C(=O)/C(=C/c2ccc(-c3ccc([N+](=O)[O-])cc3OC)o2)C(=O)N=C1SCC(=O)NC(c1ccccc1)c1ccccc1. The van der Waals surface area contributed by atoms with Crippen molar-refractivity contribution >= 4 is 46.4 Å². The van der Waals surface area contributed by atoms with Crippen LogP contribution in [0.15, 0.2) is 143 Å². The largest absolute Gasteiger partial charge is 0.496 e. The van der Waals surface area contributed by atoms with Crippen molar-refractivity contribution in [2.24, 2.45) is 4.99 Å². The minimum absolute atomic E-state index is 0.0286. The number of furan rings is 1. The molecule has 1 aromatic heterocycles. The molecule has 0 saturated carbocycles. The number of nitro groups is 1. The summed E-state index contributed by atoms with van der Waals surface area (Å²) in [7, 11) is 1.38. The molecule has 0 fully saturated rings. The average Bonchev–Trinajstić information content (AvgIpc) is 3.61. The Labute approximate surface area is 292 Å². The van der Waals surface area contributed by atoms with Crippen LogP contribution in [0.1, 0.15) is 29.9 Å². The maximum atomic E-state index is 14.0. The molecule has 3 amide bonds. The van der Waals surface area contributed by atoms with Crippen molar-refractivity contribution in [2.45, 2.75) is 13.0 Å². The van der Waals surface area contributed by atoms with Crippen LogP contribution in [0.4, 0.5) is 5.69 Å². The van der Waals surface area contributed by atoms with Crippen molar-refractivity contribution in [3.63, 3.8) is 0 Å². The van der Waals surface area contributed by atoms with Crippen LogP contribution in [0.3, 0.4) is 0 Å². The quantitative estimate of drug-likeness (QED) is 0.0539. The summed E-state index contributed by atoms with van der Waals surface area (Å²) in [6, 6.07) is 25.9. The number of hydrogen-bond donors (Lipinski definition) is 1. The van der Waals surface area contributed by atoms with Gasteiger partial charge in [0, 0.05) is 11.8 Å². The second-order valence-electron chi connectivity index (χ2n) is 10.7. The number of ether oxygens (including phenoxy) is 1. The molecule has 1 N–H and O–H groups in total. The third-order valence-electron chi connectivity index (χ3n) is 7.49. The number of benzene rings is 3. The van der Waals surface area contributed by atoms with Crippen molar-refractivity contribution in [3.8, 4) is 17.1 Å². The van der Waals surface area contributed by atoms with E-state index in [-0.39, 0.29) is 39.6 Å². The Morgan fingerprint density at radius 3 is 2.34 bits per heavy atom. The molecule has 0 atom stereocenters. The van der Waals surface area contributed by atoms with Gasteiger partial charge < -0.3 is 14.5 Å². The Bertz CT molecular complexity index is 2010. The highest BCUT2D eigenvalue weighted by molar-refractivity contribution is 8.14. The fourth-order valence-electron chi connectivity index (χ4n) is 5.11. The van der Waals surface area contributed by atoms with Crippen molar-refractivity contribution in [3.05, 3.63) is 160 Å². The van der Waals surface area contributed by atoms with E-state index in [0.717, 1.165) is 22.9 Å². The number of hydrogen-bond acceptors (Lipinski definition) is 8. The lowest BCUT2D eigenvalue weighted by Crippen LogP contribution is -2.42. The monoisotopic (exact) mass is 688 g/mol. The normalized spacial score (nSPS) is 14.3. The van der Waals surface area contributed by atoms with Gasteiger partial charge in [0.25, 0.3) is 17.5 Å². The molecule has 1 aliphatic heterocycles. The second-order valence-corrected chi connectivity index (χ2v) is 11.6. The van der Waals surface area contributed by atoms with Gasteiger partial charge in [-0.1, -0.05) is 97.2 Å². The van der Waals surface area contributed by atoms with E-state index in [1.54, 1.807) is 43.4 Å². The number of amides is 3. The number of nitro benzene ring substituents is 1. The number of allylic oxidation sites excluding steroid dienone is 4. The highest BCUT2D eigenvalue weighted by Crippen LogP contribution is 2.35. The predicted molar refractivity (Wildman–Crippen MR) is 193 cm³/mol. The Balaban J connectivity index is 1.42. The molecule has 0 radical (unpaired) electrons. The highest BCUT2D eigenvalue weighted by Gasteiger charge is 2.35. The zero-order valence-electron chi connectivity index (χ0n) is 27.1. The molecule has 0 bridgehead atoms. The summed E-state index contributed by atoms with van der Waals surface area (Å²) < 4.78 is 11.2. The van der Waals surface area contributed by atoms with Crippen molar-refractivity contribution in [2.75, 3.05) is 12.9 Å². The fourth-order valence-corrected chi connectivity index (χ4v) is 5.92. The van der Waals surface area contributed by atoms with E-state index in [4.69, 9.17) is 9.15 Å². The average molecular weight is 689 g/mol. The van der Waals surface area contributed by atoms with Crippen LogP contribution >= 0.6 is 11.8 Å². The molecule has 12 heteroatoms. The van der Waals surface area contributed by atoms with Gasteiger partial charge in [0.2, 0.25) is 5.91 Å². The van der Waals surface area contributed by atoms with Crippen LogP contribution in [0, 0.1) is 10.1 Å². The second kappa shape index (κ2) is 16.2. The van der Waals surface area contributed by atoms with E-state index >= 15 is 0 Å². The number of thioether (sulfide) groups is 1. The van der Waals surface area contributed by atoms with Gasteiger partial charge in [-0.25, -0.2) is 0 Å². The maximum absolute atomic E-state index is 14.0. The van der Waals surface area contributed by atoms with E-state index < -0.39 is 22.8 Å². The number of carbonyl (C=O) groups is 3. The first kappa shape index (κ1) is 35.0. The molecular formula is C38H32N4O7S. The summed E-state index contributed by atoms with van der Waals surface area (Å²) in [6.45, 7) is 5.42. The van der Waals surface area contributed by atoms with Gasteiger partial charge in [0.15, 0.2) is 5.17 Å². The van der Waals surface area contributed by atoms with Gasteiger partial charge in [-0.2, -0.15) is 4.99 Å². The van der Waals surface area contributed by atoms with E-state index in [2.05, 4.69) is 16.9 Å². The lowest BCUT2D eigenvalue weighted by molar-refractivity contribution is -0.384. The number of rotatable bonds is 12. The summed E-state index contributed by atoms with van der Waals surface area (Å²) in [4.78, 5) is 56.9. The summed E-state index contributed by atoms with van der Waals surface area (Å²) in [5.74, 6) is -1.27. The molecule has 5 rings (SSSR count). The molecule has 11 nitrogen and oxygen atoms in total. The van der Waals surface area contributed by atoms with Crippen LogP contribution in [0.25, 0.3) is 17.4 Å². The number of carbonyl (C=O) groups excluding carboxylic acids is 3. The highest BCUT2D eigenvalue weighted by atomic mass is 32.2. The van der Waals surface area contributed by atoms with E-state index in [1.807, 2.05) is 60.7 Å². The number of aliphatic imine (C=N–C) groups is 1. The number of amidine groups is 1. The number of methoxy groups -OCH3 is 1. The summed E-state index contributed by atoms with van der Waals surface area (Å²) in [5, 5.41) is 14.3. The van der Waals surface area contributed by atoms with Crippen LogP contribution < -0.4 is 10.1 Å². The molecule has 0 aliphatic carbocycles. The van der Waals surface area contributed by atoms with Gasteiger partial charge in [0.1, 0.15) is 22.8 Å². The Hall–Kier alpha value is -6.27.